The molecule has 1 N–H and O–H groups in total. The average molecular weight is 409 g/mol. The molecule has 0 radical (unpaired) electrons. The Morgan fingerprint density at radius 1 is 0.935 bits per heavy atom. The topological polar surface area (TPSA) is 82.9 Å². The van der Waals surface area contributed by atoms with Gasteiger partial charge in [-0.25, -0.2) is 4.98 Å². The van der Waals surface area contributed by atoms with Crippen molar-refractivity contribution in [1.82, 2.24) is 4.98 Å². The Kier molecular flexibility index (Phi) is 5.64. The van der Waals surface area contributed by atoms with Crippen molar-refractivity contribution in [2.24, 2.45) is 5.92 Å². The lowest BCUT2D eigenvalue weighted by Gasteiger charge is -2.18. The number of nitrogens with zero attached hydrogens (tertiary/aromatic N) is 2. The second-order valence-corrected chi connectivity index (χ2v) is 8.15. The minimum Gasteiger partial charge on any atom is -0.366 e. The van der Waals surface area contributed by atoms with Gasteiger partial charge in [-0.15, -0.1) is 0 Å². The van der Waals surface area contributed by atoms with Gasteiger partial charge >= 0.3 is 0 Å². The SMILES string of the molecule is CC(C)c1cccc(NC(Cc2ccc(-c3ccc(C#N)cc3)cc2)C2C(=O)C2=O)n1. The molecule has 0 amide bonds. The molecule has 2 aromatic carbocycles. The third-order valence-electron chi connectivity index (χ3n) is 5.58. The maximum absolute atomic E-state index is 11.9. The Labute approximate surface area is 181 Å². The predicted molar refractivity (Wildman–Crippen MR) is 120 cm³/mol. The summed E-state index contributed by atoms with van der Waals surface area (Å²) >= 11 is 0. The second-order valence-electron chi connectivity index (χ2n) is 8.15. The quantitative estimate of drug-likeness (QED) is 0.458. The van der Waals surface area contributed by atoms with E-state index in [0.29, 0.717) is 23.7 Å². The van der Waals surface area contributed by atoms with E-state index in [1.54, 1.807) is 12.1 Å². The fraction of sp³-hybridized carbons (Fsp3) is 0.231. The lowest BCUT2D eigenvalue weighted by Crippen LogP contribution is -2.27. The van der Waals surface area contributed by atoms with Crippen LogP contribution in [0, 0.1) is 17.2 Å². The number of rotatable bonds is 7. The number of Topliss-reactive ketones (excluding diaryl/α,β-unsaturated/α-hetero) is 2. The van der Waals surface area contributed by atoms with E-state index in [0.717, 1.165) is 22.4 Å². The van der Waals surface area contributed by atoms with Crippen LogP contribution < -0.4 is 5.32 Å². The minimum absolute atomic E-state index is 0.291. The zero-order chi connectivity index (χ0) is 22.0. The molecule has 1 heterocycles. The van der Waals surface area contributed by atoms with E-state index in [1.165, 1.54) is 0 Å². The summed E-state index contributed by atoms with van der Waals surface area (Å²) in [5.74, 6) is -0.266. The molecule has 1 atom stereocenters. The molecular formula is C26H23N3O2. The minimum atomic E-state index is -0.609. The number of carbonyl (C=O) groups is 2. The number of nitrogens with one attached hydrogen (secondary N) is 1. The summed E-state index contributed by atoms with van der Waals surface area (Å²) in [6.07, 6.45) is 0.545. The van der Waals surface area contributed by atoms with Gasteiger partial charge in [-0.05, 0) is 53.3 Å². The summed E-state index contributed by atoms with van der Waals surface area (Å²) in [6, 6.07) is 23.1. The molecule has 0 saturated heterocycles. The van der Waals surface area contributed by atoms with Crippen molar-refractivity contribution in [2.75, 3.05) is 5.32 Å². The smallest absolute Gasteiger partial charge is 0.212 e. The van der Waals surface area contributed by atoms with Crippen LogP contribution in [-0.4, -0.2) is 22.6 Å². The molecule has 3 aromatic rings. The van der Waals surface area contributed by atoms with Gasteiger partial charge < -0.3 is 5.32 Å². The first-order chi connectivity index (χ1) is 15.0. The maximum atomic E-state index is 11.9. The summed E-state index contributed by atoms with van der Waals surface area (Å²) in [6.45, 7) is 4.15. The zero-order valence-corrected chi connectivity index (χ0v) is 17.5. The summed E-state index contributed by atoms with van der Waals surface area (Å²) in [4.78, 5) is 28.4. The standard InChI is InChI=1S/C26H23N3O2/c1-16(2)21-4-3-5-23(28-21)29-22(24-25(30)26(24)31)14-17-6-10-19(11-7-17)20-12-8-18(15-27)9-13-20/h3-13,16,22,24H,14H2,1-2H3,(H,28,29). The first kappa shape index (κ1) is 20.5. The van der Waals surface area contributed by atoms with Crippen LogP contribution in [0.3, 0.4) is 0 Å². The number of hydrogen-bond acceptors (Lipinski definition) is 5. The van der Waals surface area contributed by atoms with Crippen molar-refractivity contribution in [3.63, 3.8) is 0 Å². The molecular weight excluding hydrogens is 386 g/mol. The van der Waals surface area contributed by atoms with Crippen LogP contribution >= 0.6 is 0 Å². The van der Waals surface area contributed by atoms with E-state index in [4.69, 9.17) is 5.26 Å². The molecule has 154 valence electrons. The van der Waals surface area contributed by atoms with Gasteiger partial charge in [0, 0.05) is 11.7 Å². The van der Waals surface area contributed by atoms with Crippen molar-refractivity contribution >= 4 is 17.4 Å². The Hall–Kier alpha value is -3.78. The van der Waals surface area contributed by atoms with Gasteiger partial charge in [0.1, 0.15) is 11.7 Å². The Morgan fingerprint density at radius 3 is 2.10 bits per heavy atom. The number of anilines is 1. The highest BCUT2D eigenvalue weighted by Gasteiger charge is 2.53. The highest BCUT2D eigenvalue weighted by atomic mass is 16.2. The number of pyridine rings is 1. The number of benzene rings is 2. The molecule has 1 fully saturated rings. The maximum Gasteiger partial charge on any atom is 0.212 e. The number of aromatic nitrogens is 1. The van der Waals surface area contributed by atoms with Gasteiger partial charge in [0.15, 0.2) is 0 Å². The van der Waals surface area contributed by atoms with Crippen molar-refractivity contribution in [3.05, 3.63) is 83.6 Å². The molecule has 4 rings (SSSR count). The monoisotopic (exact) mass is 409 g/mol. The van der Waals surface area contributed by atoms with Crippen LogP contribution in [0.15, 0.2) is 66.7 Å². The molecule has 1 saturated carbocycles. The summed E-state index contributed by atoms with van der Waals surface area (Å²) in [5, 5.41) is 12.3. The van der Waals surface area contributed by atoms with E-state index in [-0.39, 0.29) is 17.6 Å². The van der Waals surface area contributed by atoms with Gasteiger partial charge in [0.25, 0.3) is 0 Å². The zero-order valence-electron chi connectivity index (χ0n) is 17.5. The summed E-state index contributed by atoms with van der Waals surface area (Å²) in [7, 11) is 0. The molecule has 5 nitrogen and oxygen atoms in total. The summed E-state index contributed by atoms with van der Waals surface area (Å²) < 4.78 is 0. The molecule has 5 heteroatoms. The van der Waals surface area contributed by atoms with E-state index in [9.17, 15) is 9.59 Å². The van der Waals surface area contributed by atoms with Crippen molar-refractivity contribution < 1.29 is 9.59 Å². The van der Waals surface area contributed by atoms with Gasteiger partial charge in [0.2, 0.25) is 11.6 Å². The average Bonchev–Trinajstić information content (AvgIpc) is 3.39. The number of nitriles is 1. The van der Waals surface area contributed by atoms with Gasteiger partial charge in [0.05, 0.1) is 11.6 Å². The van der Waals surface area contributed by atoms with Gasteiger partial charge in [-0.2, -0.15) is 5.26 Å². The number of hydrogen-bond donors (Lipinski definition) is 1. The van der Waals surface area contributed by atoms with Crippen LogP contribution in [0.4, 0.5) is 5.82 Å². The third-order valence-corrected chi connectivity index (χ3v) is 5.58. The molecule has 0 aliphatic heterocycles. The fourth-order valence-corrected chi connectivity index (χ4v) is 3.68. The first-order valence-electron chi connectivity index (χ1n) is 10.4. The second kappa shape index (κ2) is 8.53. The van der Waals surface area contributed by atoms with Crippen molar-refractivity contribution in [2.45, 2.75) is 32.2 Å². The lowest BCUT2D eigenvalue weighted by molar-refractivity contribution is -0.122. The van der Waals surface area contributed by atoms with Crippen LogP contribution in [0.25, 0.3) is 11.1 Å². The van der Waals surface area contributed by atoms with E-state index < -0.39 is 5.92 Å². The lowest BCUT2D eigenvalue weighted by atomic mass is 9.98. The first-order valence-corrected chi connectivity index (χ1v) is 10.4. The third kappa shape index (κ3) is 4.54. The van der Waals surface area contributed by atoms with Crippen molar-refractivity contribution in [1.29, 1.82) is 5.26 Å². The Bertz CT molecular complexity index is 1140. The molecule has 0 spiro atoms. The van der Waals surface area contributed by atoms with Gasteiger partial charge in [-0.3, -0.25) is 9.59 Å². The Morgan fingerprint density at radius 2 is 1.55 bits per heavy atom. The van der Waals surface area contributed by atoms with E-state index >= 15 is 0 Å². The molecule has 1 aliphatic carbocycles. The molecule has 1 aromatic heterocycles. The van der Waals surface area contributed by atoms with Crippen LogP contribution in [0.2, 0.25) is 0 Å². The number of carbonyl (C=O) groups excluding carboxylic acids is 2. The number of ketones is 2. The van der Waals surface area contributed by atoms with Crippen LogP contribution in [0.1, 0.15) is 36.6 Å². The Balaban J connectivity index is 1.52. The van der Waals surface area contributed by atoms with E-state index in [1.807, 2.05) is 54.6 Å². The molecule has 31 heavy (non-hydrogen) atoms. The van der Waals surface area contributed by atoms with Crippen LogP contribution in [0.5, 0.6) is 0 Å². The molecule has 1 aliphatic rings. The van der Waals surface area contributed by atoms with Crippen LogP contribution in [-0.2, 0) is 16.0 Å². The summed E-state index contributed by atoms with van der Waals surface area (Å²) in [5.41, 5.74) is 4.69. The normalized spacial score (nSPS) is 14.4. The van der Waals surface area contributed by atoms with E-state index in [2.05, 4.69) is 30.2 Å². The molecule has 1 unspecified atom stereocenters. The van der Waals surface area contributed by atoms with Gasteiger partial charge in [-0.1, -0.05) is 56.3 Å². The predicted octanol–water partition coefficient (Wildman–Crippen LogP) is 4.53. The highest BCUT2D eigenvalue weighted by molar-refractivity contribution is 6.60. The highest BCUT2D eigenvalue weighted by Crippen LogP contribution is 2.29. The van der Waals surface area contributed by atoms with Crippen molar-refractivity contribution in [3.8, 4) is 17.2 Å². The fourth-order valence-electron chi connectivity index (χ4n) is 3.68. The largest absolute Gasteiger partial charge is 0.366 e. The molecule has 0 bridgehead atoms.